The highest BCUT2D eigenvalue weighted by Gasteiger charge is 2.69. The second-order valence-corrected chi connectivity index (χ2v) is 10.9. The number of alkyl halides is 2. The van der Waals surface area contributed by atoms with Crippen molar-refractivity contribution < 1.29 is 64.8 Å². The summed E-state index contributed by atoms with van der Waals surface area (Å²) in [6.07, 6.45) is -14.2. The average Bonchev–Trinajstić information content (AvgIpc) is 2.57. The molecule has 0 N–H and O–H groups in total. The van der Waals surface area contributed by atoms with E-state index in [-0.39, 0.29) is 10.8 Å². The van der Waals surface area contributed by atoms with Crippen LogP contribution < -0.4 is 0 Å². The van der Waals surface area contributed by atoms with Gasteiger partial charge in [-0.05, 0) is 11.4 Å². The van der Waals surface area contributed by atoms with Gasteiger partial charge in [-0.2, -0.15) is 8.78 Å². The van der Waals surface area contributed by atoms with Gasteiger partial charge in [-0.1, -0.05) is 0 Å². The van der Waals surface area contributed by atoms with Gasteiger partial charge in [0, 0.05) is 37.8 Å². The maximum Gasteiger partial charge on any atom is 0.415 e. The Morgan fingerprint density at radius 2 is 1.39 bits per heavy atom. The van der Waals surface area contributed by atoms with Crippen LogP contribution in [0.25, 0.3) is 0 Å². The molecule has 0 spiro atoms. The Morgan fingerprint density at radius 1 is 0.935 bits per heavy atom. The van der Waals surface area contributed by atoms with Gasteiger partial charge in [0.05, 0.1) is 0 Å². The number of halogens is 3. The molecule has 31 heavy (non-hydrogen) atoms. The zero-order valence-corrected chi connectivity index (χ0v) is 18.4. The minimum absolute atomic E-state index is 0.354. The summed E-state index contributed by atoms with van der Waals surface area (Å²) in [7, 11) is -4.67. The second-order valence-electron chi connectivity index (χ2n) is 6.37. The van der Waals surface area contributed by atoms with E-state index in [0.29, 0.717) is 13.2 Å². The summed E-state index contributed by atoms with van der Waals surface area (Å²) in [6, 6.07) is 0. The summed E-state index contributed by atoms with van der Waals surface area (Å²) in [5, 5.41) is 0. The molecule has 1 heterocycles. The van der Waals surface area contributed by atoms with Crippen molar-refractivity contribution in [2.45, 2.75) is 63.2 Å². The van der Waals surface area contributed by atoms with Crippen molar-refractivity contribution in [1.29, 1.82) is 0 Å². The van der Waals surface area contributed by atoms with Gasteiger partial charge in [0.1, 0.15) is 0 Å². The molecule has 0 unspecified atom stereocenters. The molecular formula is C15H19F3O11S2. The van der Waals surface area contributed by atoms with Crippen LogP contribution in [0.4, 0.5) is 13.3 Å². The van der Waals surface area contributed by atoms with E-state index in [1.807, 2.05) is 0 Å². The van der Waals surface area contributed by atoms with Crippen LogP contribution in [0.2, 0.25) is 0 Å². The third kappa shape index (κ3) is 6.54. The largest absolute Gasteiger partial charge is 0.455 e. The van der Waals surface area contributed by atoms with Crippen LogP contribution in [0.5, 0.6) is 0 Å². The quantitative estimate of drug-likeness (QED) is 0.264. The second kappa shape index (κ2) is 9.70. The lowest BCUT2D eigenvalue weighted by atomic mass is 9.91. The fourth-order valence-electron chi connectivity index (χ4n) is 2.79. The molecule has 1 fully saturated rings. The molecule has 1 rings (SSSR count). The molecule has 1 aliphatic heterocycles. The molecule has 0 radical (unpaired) electrons. The maximum absolute atomic E-state index is 14.2. The van der Waals surface area contributed by atoms with Crippen molar-refractivity contribution in [3.8, 4) is 0 Å². The van der Waals surface area contributed by atoms with Gasteiger partial charge in [-0.25, -0.2) is 8.42 Å². The molecular weight excluding hydrogens is 477 g/mol. The molecule has 0 amide bonds. The number of carbonyl (C=O) groups is 4. The van der Waals surface area contributed by atoms with Crippen molar-refractivity contribution in [1.82, 2.24) is 0 Å². The van der Waals surface area contributed by atoms with Crippen molar-refractivity contribution in [3.63, 3.8) is 0 Å². The van der Waals surface area contributed by atoms with Gasteiger partial charge in [0.25, 0.3) is 0 Å². The van der Waals surface area contributed by atoms with Crippen molar-refractivity contribution in [3.05, 3.63) is 0 Å². The SMILES string of the molecule is CC(=O)O[C@H]1[C@H](OC(C)=O)[C@@H](C(F)(F)OF)O[C@](SS(C)(=O)=O)(C(C)=O)[C@@H]1OC(C)=O. The van der Waals surface area contributed by atoms with Crippen LogP contribution in [-0.2, 0) is 51.9 Å². The monoisotopic (exact) mass is 496 g/mol. The van der Waals surface area contributed by atoms with Gasteiger partial charge < -0.3 is 18.9 Å². The summed E-state index contributed by atoms with van der Waals surface area (Å²) >= 11 is 0. The summed E-state index contributed by atoms with van der Waals surface area (Å²) in [4.78, 5) is 46.8. The van der Waals surface area contributed by atoms with E-state index in [9.17, 15) is 40.9 Å². The van der Waals surface area contributed by atoms with Gasteiger partial charge >= 0.3 is 24.0 Å². The van der Waals surface area contributed by atoms with Crippen LogP contribution >= 0.6 is 10.8 Å². The van der Waals surface area contributed by atoms with Crippen LogP contribution in [0.15, 0.2) is 0 Å². The Labute approximate surface area is 178 Å². The number of esters is 3. The number of hydrogen-bond donors (Lipinski definition) is 0. The lowest BCUT2D eigenvalue weighted by Gasteiger charge is -2.49. The number of Topliss-reactive ketones (excluding diaryl/α,β-unsaturated/α-hetero) is 1. The minimum Gasteiger partial charge on any atom is -0.455 e. The Kier molecular flexibility index (Phi) is 8.49. The fourth-order valence-corrected chi connectivity index (χ4v) is 5.88. The van der Waals surface area contributed by atoms with E-state index < -0.39 is 68.0 Å². The van der Waals surface area contributed by atoms with Gasteiger partial charge in [0.15, 0.2) is 30.2 Å². The van der Waals surface area contributed by atoms with Crippen LogP contribution in [0.1, 0.15) is 27.7 Å². The number of hydrogen-bond acceptors (Lipinski definition) is 12. The predicted octanol–water partition coefficient (Wildman–Crippen LogP) is 0.652. The summed E-state index contributed by atoms with van der Waals surface area (Å²) in [6.45, 7) is 3.07. The van der Waals surface area contributed by atoms with E-state index in [1.165, 1.54) is 0 Å². The fraction of sp³-hybridized carbons (Fsp3) is 0.733. The molecule has 5 atom stereocenters. The number of ketones is 1. The molecule has 11 nitrogen and oxygen atoms in total. The zero-order valence-electron chi connectivity index (χ0n) is 16.8. The summed E-state index contributed by atoms with van der Waals surface area (Å²) in [5.74, 6) is -4.88. The Morgan fingerprint density at radius 3 is 1.74 bits per heavy atom. The molecule has 1 saturated heterocycles. The van der Waals surface area contributed by atoms with E-state index in [2.05, 4.69) is 4.94 Å². The molecule has 178 valence electrons. The van der Waals surface area contributed by atoms with Crippen LogP contribution in [0, 0.1) is 0 Å². The molecule has 0 bridgehead atoms. The smallest absolute Gasteiger partial charge is 0.415 e. The summed E-state index contributed by atoms with van der Waals surface area (Å²) < 4.78 is 84.5. The number of rotatable bonds is 8. The molecule has 0 aromatic heterocycles. The van der Waals surface area contributed by atoms with E-state index in [4.69, 9.17) is 18.9 Å². The first-order valence-corrected chi connectivity index (χ1v) is 11.5. The number of ether oxygens (including phenoxy) is 4. The Bertz CT molecular complexity index is 847. The van der Waals surface area contributed by atoms with E-state index in [1.54, 1.807) is 0 Å². The van der Waals surface area contributed by atoms with Crippen LogP contribution in [-0.4, -0.2) is 73.8 Å². The third-order valence-corrected chi connectivity index (χ3v) is 6.51. The molecule has 1 aliphatic rings. The average molecular weight is 496 g/mol. The topological polar surface area (TPSA) is 149 Å². The normalized spacial score (nSPS) is 29.0. The van der Waals surface area contributed by atoms with Gasteiger partial charge in [-0.15, -0.1) is 4.94 Å². The van der Waals surface area contributed by atoms with E-state index in [0.717, 1.165) is 20.8 Å². The summed E-state index contributed by atoms with van der Waals surface area (Å²) in [5.41, 5.74) is 0. The van der Waals surface area contributed by atoms with Gasteiger partial charge in [0.2, 0.25) is 13.8 Å². The first-order chi connectivity index (χ1) is 14.0. The lowest BCUT2D eigenvalue weighted by Crippen LogP contribution is -2.71. The Balaban J connectivity index is 3.90. The minimum atomic E-state index is -4.93. The maximum atomic E-state index is 14.2. The van der Waals surface area contributed by atoms with Crippen molar-refractivity contribution in [2.75, 3.05) is 6.26 Å². The third-order valence-electron chi connectivity index (χ3n) is 3.69. The highest BCUT2D eigenvalue weighted by atomic mass is 33.1. The molecule has 0 aromatic carbocycles. The lowest BCUT2D eigenvalue weighted by molar-refractivity contribution is -0.415. The van der Waals surface area contributed by atoms with Crippen molar-refractivity contribution in [2.24, 2.45) is 0 Å². The van der Waals surface area contributed by atoms with Crippen molar-refractivity contribution >= 4 is 43.4 Å². The standard InChI is InChI=1S/C15H19F3O11S2/c1-6(19)14(30-31(5,23)24)12(27-9(4)22)10(25-7(2)20)11(26-8(3)21)13(28-14)15(16,17)29-18/h10-13H,1-5H3/t10-,11-,12+,13-,14-/m0/s1. The highest BCUT2D eigenvalue weighted by Crippen LogP contribution is 2.48. The predicted molar refractivity (Wildman–Crippen MR) is 94.5 cm³/mol. The van der Waals surface area contributed by atoms with E-state index >= 15 is 0 Å². The molecule has 0 saturated carbocycles. The molecule has 0 aliphatic carbocycles. The number of carbonyl (C=O) groups excluding carboxylic acids is 4. The molecule has 0 aromatic rings. The highest BCUT2D eigenvalue weighted by molar-refractivity contribution is 8.72. The first kappa shape index (κ1) is 27.1. The zero-order chi connectivity index (χ0) is 24.4. The Hall–Kier alpha value is -1.91. The van der Waals surface area contributed by atoms with Gasteiger partial charge in [-0.3, -0.25) is 19.2 Å². The first-order valence-electron chi connectivity index (χ1n) is 8.25. The molecule has 16 heteroatoms. The van der Waals surface area contributed by atoms with Crippen LogP contribution in [0.3, 0.4) is 0 Å².